The molecule has 1 aliphatic rings. The molecule has 174 valence electrons. The molecule has 2 aromatic carbocycles. The van der Waals surface area contributed by atoms with Gasteiger partial charge in [0.1, 0.15) is 18.5 Å². The summed E-state index contributed by atoms with van der Waals surface area (Å²) in [4.78, 5) is 19.2. The van der Waals surface area contributed by atoms with E-state index in [0.717, 1.165) is 31.7 Å². The number of aromatic nitrogens is 2. The molecule has 10 nitrogen and oxygen atoms in total. The van der Waals surface area contributed by atoms with Gasteiger partial charge >= 0.3 is 0 Å². The van der Waals surface area contributed by atoms with Crippen LogP contribution in [0, 0.1) is 10.1 Å². The van der Waals surface area contributed by atoms with Gasteiger partial charge in [-0.05, 0) is 30.3 Å². The van der Waals surface area contributed by atoms with Crippen LogP contribution < -0.4 is 4.74 Å². The van der Waals surface area contributed by atoms with Crippen molar-refractivity contribution in [2.75, 3.05) is 39.3 Å². The van der Waals surface area contributed by atoms with Crippen molar-refractivity contribution in [3.8, 4) is 17.1 Å². The second-order valence-electron chi connectivity index (χ2n) is 7.81. The number of hydrogen-bond donors (Lipinski definition) is 1. The minimum atomic E-state index is -0.700. The van der Waals surface area contributed by atoms with Crippen LogP contribution in [0.4, 0.5) is 5.69 Å². The molecule has 0 saturated carbocycles. The van der Waals surface area contributed by atoms with Gasteiger partial charge in [-0.3, -0.25) is 19.9 Å². The number of β-amino-alcohol motifs (C(OH)–C–C–N with tert-alkyl or cyclic N) is 1. The fraction of sp³-hybridized carbons (Fsp3) is 0.364. The summed E-state index contributed by atoms with van der Waals surface area (Å²) >= 11 is 5.92. The van der Waals surface area contributed by atoms with Gasteiger partial charge in [0.15, 0.2) is 0 Å². The molecule has 1 fully saturated rings. The summed E-state index contributed by atoms with van der Waals surface area (Å²) in [5, 5.41) is 25.9. The average Bonchev–Trinajstić information content (AvgIpc) is 3.28. The summed E-state index contributed by atoms with van der Waals surface area (Å²) < 4.78 is 10.9. The first-order chi connectivity index (χ1) is 16.0. The van der Waals surface area contributed by atoms with Crippen molar-refractivity contribution >= 4 is 17.3 Å². The predicted molar refractivity (Wildman–Crippen MR) is 121 cm³/mol. The zero-order valence-corrected chi connectivity index (χ0v) is 18.6. The Balaban J connectivity index is 1.19. The van der Waals surface area contributed by atoms with E-state index in [1.807, 2.05) is 12.1 Å². The monoisotopic (exact) mass is 473 g/mol. The van der Waals surface area contributed by atoms with Crippen molar-refractivity contribution in [2.24, 2.45) is 0 Å². The molecule has 4 rings (SSSR count). The minimum Gasteiger partial charge on any atom is -0.491 e. The smallest absolute Gasteiger partial charge is 0.273 e. The number of aliphatic hydroxyl groups excluding tert-OH is 1. The highest BCUT2D eigenvalue weighted by atomic mass is 35.5. The van der Waals surface area contributed by atoms with Crippen LogP contribution in [0.2, 0.25) is 5.02 Å². The number of ether oxygens (including phenoxy) is 1. The van der Waals surface area contributed by atoms with E-state index in [-0.39, 0.29) is 12.3 Å². The second-order valence-corrected chi connectivity index (χ2v) is 8.25. The summed E-state index contributed by atoms with van der Waals surface area (Å²) in [6, 6.07) is 13.2. The third-order valence-corrected chi connectivity index (χ3v) is 5.59. The number of rotatable bonds is 9. The van der Waals surface area contributed by atoms with Crippen LogP contribution >= 0.6 is 11.6 Å². The molecule has 0 bridgehead atoms. The third kappa shape index (κ3) is 6.48. The van der Waals surface area contributed by atoms with Crippen LogP contribution in [-0.2, 0) is 6.54 Å². The molecule has 11 heteroatoms. The fourth-order valence-corrected chi connectivity index (χ4v) is 3.71. The lowest BCUT2D eigenvalue weighted by atomic mass is 10.2. The molecule has 0 spiro atoms. The molecule has 1 atom stereocenters. The van der Waals surface area contributed by atoms with E-state index in [9.17, 15) is 15.2 Å². The molecule has 1 aliphatic heterocycles. The van der Waals surface area contributed by atoms with Crippen molar-refractivity contribution in [1.82, 2.24) is 19.9 Å². The third-order valence-electron chi connectivity index (χ3n) is 5.33. The molecule has 2 heterocycles. The highest BCUT2D eigenvalue weighted by molar-refractivity contribution is 6.30. The highest BCUT2D eigenvalue weighted by Crippen LogP contribution is 2.20. The van der Waals surface area contributed by atoms with Crippen LogP contribution in [0.1, 0.15) is 5.89 Å². The summed E-state index contributed by atoms with van der Waals surface area (Å²) in [6.45, 7) is 4.26. The largest absolute Gasteiger partial charge is 0.491 e. The van der Waals surface area contributed by atoms with Crippen molar-refractivity contribution in [3.05, 3.63) is 69.6 Å². The summed E-state index contributed by atoms with van der Waals surface area (Å²) in [5.74, 6) is 1.46. The number of aliphatic hydroxyl groups is 1. The van der Waals surface area contributed by atoms with Crippen LogP contribution in [0.5, 0.6) is 5.75 Å². The van der Waals surface area contributed by atoms with E-state index in [0.29, 0.717) is 35.6 Å². The molecule has 0 amide bonds. The first kappa shape index (κ1) is 23.1. The number of nitro benzene ring substituents is 1. The van der Waals surface area contributed by atoms with Gasteiger partial charge in [0, 0.05) is 49.4 Å². The normalized spacial score (nSPS) is 15.9. The molecule has 0 radical (unpaired) electrons. The summed E-state index contributed by atoms with van der Waals surface area (Å²) in [6.07, 6.45) is -0.700. The molecule has 3 aromatic rings. The Labute approximate surface area is 195 Å². The molecule has 1 N–H and O–H groups in total. The van der Waals surface area contributed by atoms with E-state index in [2.05, 4.69) is 19.9 Å². The van der Waals surface area contributed by atoms with Crippen molar-refractivity contribution in [3.63, 3.8) is 0 Å². The maximum atomic E-state index is 10.8. The number of hydrogen-bond acceptors (Lipinski definition) is 9. The number of nitrogens with zero attached hydrogens (tertiary/aromatic N) is 5. The van der Waals surface area contributed by atoms with Crippen molar-refractivity contribution in [2.45, 2.75) is 12.6 Å². The number of piperazine rings is 1. The SMILES string of the molecule is O=[N+]([O-])c1cccc(OCC(O)CN2CCN(Cc3nc(-c4ccc(Cl)cc4)no3)CC2)c1. The molecule has 0 aliphatic carbocycles. The van der Waals surface area contributed by atoms with Gasteiger partial charge < -0.3 is 14.4 Å². The maximum absolute atomic E-state index is 10.8. The fourth-order valence-electron chi connectivity index (χ4n) is 3.59. The molecule has 1 saturated heterocycles. The Bertz CT molecular complexity index is 1070. The summed E-state index contributed by atoms with van der Waals surface area (Å²) in [5.41, 5.74) is 0.806. The molecule has 1 unspecified atom stereocenters. The Morgan fingerprint density at radius 2 is 1.88 bits per heavy atom. The maximum Gasteiger partial charge on any atom is 0.273 e. The molecule has 1 aromatic heterocycles. The van der Waals surface area contributed by atoms with Crippen LogP contribution in [-0.4, -0.2) is 75.4 Å². The van der Waals surface area contributed by atoms with E-state index in [1.54, 1.807) is 24.3 Å². The number of non-ortho nitro benzene ring substituents is 1. The Morgan fingerprint density at radius 3 is 2.61 bits per heavy atom. The van der Waals surface area contributed by atoms with Gasteiger partial charge in [-0.25, -0.2) is 0 Å². The zero-order chi connectivity index (χ0) is 23.2. The minimum absolute atomic E-state index is 0.0420. The lowest BCUT2D eigenvalue weighted by molar-refractivity contribution is -0.384. The topological polar surface area (TPSA) is 118 Å². The Hall–Kier alpha value is -3.05. The Morgan fingerprint density at radius 1 is 1.15 bits per heavy atom. The van der Waals surface area contributed by atoms with Crippen molar-refractivity contribution in [1.29, 1.82) is 0 Å². The quantitative estimate of drug-likeness (QED) is 0.369. The van der Waals surface area contributed by atoms with Gasteiger partial charge in [0.2, 0.25) is 11.7 Å². The van der Waals surface area contributed by atoms with E-state index in [4.69, 9.17) is 20.9 Å². The standard InChI is InChI=1S/C22H24ClN5O5/c23-17-6-4-16(5-7-17)22-24-21(33-25-22)14-27-10-8-26(9-11-27)13-19(29)15-32-20-3-1-2-18(12-20)28(30)31/h1-7,12,19,29H,8-11,13-15H2. The van der Waals surface area contributed by atoms with E-state index < -0.39 is 11.0 Å². The van der Waals surface area contributed by atoms with Gasteiger partial charge in [0.25, 0.3) is 5.69 Å². The van der Waals surface area contributed by atoms with Gasteiger partial charge in [-0.2, -0.15) is 4.98 Å². The molecular weight excluding hydrogens is 450 g/mol. The molecule has 33 heavy (non-hydrogen) atoms. The van der Waals surface area contributed by atoms with Gasteiger partial charge in [-0.15, -0.1) is 0 Å². The zero-order valence-electron chi connectivity index (χ0n) is 17.8. The number of halogens is 1. The van der Waals surface area contributed by atoms with Crippen LogP contribution in [0.3, 0.4) is 0 Å². The number of benzene rings is 2. The first-order valence-electron chi connectivity index (χ1n) is 10.5. The molecular formula is C22H24ClN5O5. The summed E-state index contributed by atoms with van der Waals surface area (Å²) in [7, 11) is 0. The van der Waals surface area contributed by atoms with Crippen molar-refractivity contribution < 1.29 is 19.3 Å². The van der Waals surface area contributed by atoms with E-state index in [1.165, 1.54) is 12.1 Å². The van der Waals surface area contributed by atoms with Crippen LogP contribution in [0.25, 0.3) is 11.4 Å². The lowest BCUT2D eigenvalue weighted by Gasteiger charge is -2.34. The first-order valence-corrected chi connectivity index (χ1v) is 10.9. The second kappa shape index (κ2) is 10.7. The van der Waals surface area contributed by atoms with Crippen LogP contribution in [0.15, 0.2) is 53.1 Å². The van der Waals surface area contributed by atoms with Gasteiger partial charge in [-0.1, -0.05) is 22.8 Å². The Kier molecular flexibility index (Phi) is 7.50. The van der Waals surface area contributed by atoms with E-state index >= 15 is 0 Å². The average molecular weight is 474 g/mol. The lowest BCUT2D eigenvalue weighted by Crippen LogP contribution is -2.48. The van der Waals surface area contributed by atoms with Gasteiger partial charge in [0.05, 0.1) is 17.5 Å². The number of nitro groups is 1. The predicted octanol–water partition coefficient (Wildman–Crippen LogP) is 2.86. The highest BCUT2D eigenvalue weighted by Gasteiger charge is 2.21.